The second kappa shape index (κ2) is 7.61. The predicted octanol–water partition coefficient (Wildman–Crippen LogP) is 2.88. The summed E-state index contributed by atoms with van der Waals surface area (Å²) >= 11 is 0. The maximum atomic E-state index is 14.2. The summed E-state index contributed by atoms with van der Waals surface area (Å²) in [6.45, 7) is 2.65. The Hall–Kier alpha value is -2.71. The summed E-state index contributed by atoms with van der Waals surface area (Å²) in [7, 11) is -3.38. The molecule has 4 rings (SSSR count). The Kier molecular flexibility index (Phi) is 5.14. The molecule has 8 heteroatoms. The highest BCUT2D eigenvalue weighted by Gasteiger charge is 2.26. The number of hydrogen-bond donors (Lipinski definition) is 2. The third-order valence-corrected chi connectivity index (χ3v) is 6.91. The highest BCUT2D eigenvalue weighted by Crippen LogP contribution is 2.31. The molecule has 2 heterocycles. The van der Waals surface area contributed by atoms with Crippen molar-refractivity contribution in [2.45, 2.75) is 18.4 Å². The fourth-order valence-electron chi connectivity index (χ4n) is 3.60. The maximum absolute atomic E-state index is 14.2. The number of nitrogens with one attached hydrogen (secondary N) is 1. The Balaban J connectivity index is 1.82. The number of hydrogen-bond acceptors (Lipinski definition) is 6. The van der Waals surface area contributed by atoms with Gasteiger partial charge in [-0.2, -0.15) is 0 Å². The number of sulfone groups is 1. The average molecular weight is 415 g/mol. The summed E-state index contributed by atoms with van der Waals surface area (Å²) in [5.74, 6) is 0.193. The van der Waals surface area contributed by atoms with Crippen molar-refractivity contribution in [1.29, 1.82) is 0 Å². The van der Waals surface area contributed by atoms with Gasteiger partial charge in [0.1, 0.15) is 11.6 Å². The third kappa shape index (κ3) is 3.77. The molecule has 0 saturated carbocycles. The first-order valence-electron chi connectivity index (χ1n) is 9.40. The molecule has 2 aromatic carbocycles. The van der Waals surface area contributed by atoms with E-state index in [1.807, 2.05) is 17.0 Å². The SMILES string of the molecule is Cc1cc2c(NCCO)cc(N3CCS(=O)(=O)c4ccccc4C3)nc2cc1F. The molecule has 0 spiro atoms. The number of nitrogens with zero attached hydrogens (tertiary/aromatic N) is 2. The summed E-state index contributed by atoms with van der Waals surface area (Å²) in [5.41, 5.74) is 2.43. The molecular formula is C21H22FN3O3S. The highest BCUT2D eigenvalue weighted by molar-refractivity contribution is 7.91. The number of rotatable bonds is 4. The first kappa shape index (κ1) is 19.6. The molecule has 29 heavy (non-hydrogen) atoms. The number of anilines is 2. The van der Waals surface area contributed by atoms with Crippen molar-refractivity contribution >= 4 is 32.2 Å². The van der Waals surface area contributed by atoms with Crippen molar-refractivity contribution in [3.8, 4) is 0 Å². The molecule has 1 aliphatic heterocycles. The minimum absolute atomic E-state index is 0.0224. The standard InChI is InChI=1S/C21H22FN3O3S/c1-14-10-16-18(23-6-8-26)12-21(24-19(16)11-17(14)22)25-7-9-29(27,28)20-5-3-2-4-15(20)13-25/h2-5,10-12,26H,6-9,13H2,1H3,(H,23,24). The second-order valence-electron chi connectivity index (χ2n) is 7.15. The number of pyridine rings is 1. The van der Waals surface area contributed by atoms with Crippen molar-refractivity contribution in [1.82, 2.24) is 4.98 Å². The molecule has 6 nitrogen and oxygen atoms in total. The van der Waals surface area contributed by atoms with Crippen LogP contribution < -0.4 is 10.2 Å². The van der Waals surface area contributed by atoms with E-state index in [0.717, 1.165) is 11.1 Å². The number of aliphatic hydroxyl groups excluding tert-OH is 1. The first-order chi connectivity index (χ1) is 13.9. The van der Waals surface area contributed by atoms with Gasteiger partial charge in [0.25, 0.3) is 0 Å². The van der Waals surface area contributed by atoms with Crippen molar-refractivity contribution in [3.63, 3.8) is 0 Å². The van der Waals surface area contributed by atoms with Gasteiger partial charge in [0.2, 0.25) is 0 Å². The summed E-state index contributed by atoms with van der Waals surface area (Å²) in [4.78, 5) is 6.86. The van der Waals surface area contributed by atoms with Gasteiger partial charge in [-0.15, -0.1) is 0 Å². The minimum Gasteiger partial charge on any atom is -0.395 e. The van der Waals surface area contributed by atoms with Gasteiger partial charge in [-0.1, -0.05) is 18.2 Å². The lowest BCUT2D eigenvalue weighted by atomic mass is 10.1. The predicted molar refractivity (Wildman–Crippen MR) is 112 cm³/mol. The molecule has 0 fully saturated rings. The summed E-state index contributed by atoms with van der Waals surface area (Å²) in [6.07, 6.45) is 0. The van der Waals surface area contributed by atoms with Crippen LogP contribution in [0.15, 0.2) is 47.4 Å². The van der Waals surface area contributed by atoms with Gasteiger partial charge in [-0.25, -0.2) is 17.8 Å². The fraction of sp³-hybridized carbons (Fsp3) is 0.286. The summed E-state index contributed by atoms with van der Waals surface area (Å²) in [5, 5.41) is 13.1. The van der Waals surface area contributed by atoms with Crippen molar-refractivity contribution in [2.24, 2.45) is 0 Å². The smallest absolute Gasteiger partial charge is 0.180 e. The minimum atomic E-state index is -3.38. The van der Waals surface area contributed by atoms with Crippen LogP contribution in [-0.4, -0.2) is 44.0 Å². The maximum Gasteiger partial charge on any atom is 0.180 e. The number of halogens is 1. The molecule has 0 radical (unpaired) electrons. The van der Waals surface area contributed by atoms with E-state index < -0.39 is 9.84 Å². The summed E-state index contributed by atoms with van der Waals surface area (Å²) < 4.78 is 39.4. The van der Waals surface area contributed by atoms with Crippen LogP contribution in [0, 0.1) is 12.7 Å². The number of benzene rings is 2. The third-order valence-electron chi connectivity index (χ3n) is 5.13. The molecule has 0 unspecified atom stereocenters. The van der Waals surface area contributed by atoms with Crippen molar-refractivity contribution in [3.05, 3.63) is 59.4 Å². The van der Waals surface area contributed by atoms with Crippen molar-refractivity contribution in [2.75, 3.05) is 35.7 Å². The second-order valence-corrected chi connectivity index (χ2v) is 9.22. The highest BCUT2D eigenvalue weighted by atomic mass is 32.2. The normalized spacial score (nSPS) is 15.8. The van der Waals surface area contributed by atoms with Crippen LogP contribution in [0.3, 0.4) is 0 Å². The van der Waals surface area contributed by atoms with E-state index in [-0.39, 0.29) is 24.7 Å². The van der Waals surface area contributed by atoms with E-state index in [2.05, 4.69) is 10.3 Å². The Morgan fingerprint density at radius 3 is 2.83 bits per heavy atom. The first-order valence-corrected chi connectivity index (χ1v) is 11.1. The lowest BCUT2D eigenvalue weighted by Crippen LogP contribution is -2.26. The Morgan fingerprint density at radius 2 is 2.03 bits per heavy atom. The van der Waals surface area contributed by atoms with E-state index in [4.69, 9.17) is 0 Å². The number of aromatic nitrogens is 1. The molecule has 0 aliphatic carbocycles. The quantitative estimate of drug-likeness (QED) is 0.682. The lowest BCUT2D eigenvalue weighted by Gasteiger charge is -2.23. The van der Waals surface area contributed by atoms with Crippen LogP contribution in [0.4, 0.5) is 15.9 Å². The summed E-state index contributed by atoms with van der Waals surface area (Å²) in [6, 6.07) is 11.9. The van der Waals surface area contributed by atoms with E-state index >= 15 is 0 Å². The van der Waals surface area contributed by atoms with Crippen molar-refractivity contribution < 1.29 is 17.9 Å². The van der Waals surface area contributed by atoms with Crippen LogP contribution in [-0.2, 0) is 16.4 Å². The average Bonchev–Trinajstić information content (AvgIpc) is 2.83. The molecule has 0 amide bonds. The topological polar surface area (TPSA) is 82.5 Å². The van der Waals surface area contributed by atoms with Crippen LogP contribution in [0.1, 0.15) is 11.1 Å². The van der Waals surface area contributed by atoms with Gasteiger partial charge < -0.3 is 15.3 Å². The molecule has 0 bridgehead atoms. The van der Waals surface area contributed by atoms with Crippen LogP contribution in [0.5, 0.6) is 0 Å². The van der Waals surface area contributed by atoms with Gasteiger partial charge in [-0.05, 0) is 30.2 Å². The van der Waals surface area contributed by atoms with E-state index in [9.17, 15) is 17.9 Å². The Labute approximate surface area is 168 Å². The van der Waals surface area contributed by atoms with E-state index in [0.29, 0.717) is 40.4 Å². The zero-order chi connectivity index (χ0) is 20.6. The zero-order valence-electron chi connectivity index (χ0n) is 16.0. The van der Waals surface area contributed by atoms with Gasteiger partial charge in [-0.3, -0.25) is 0 Å². The van der Waals surface area contributed by atoms with Crippen LogP contribution in [0.2, 0.25) is 0 Å². The monoisotopic (exact) mass is 415 g/mol. The number of aryl methyl sites for hydroxylation is 1. The van der Waals surface area contributed by atoms with E-state index in [1.165, 1.54) is 6.07 Å². The van der Waals surface area contributed by atoms with Crippen LogP contribution >= 0.6 is 0 Å². The van der Waals surface area contributed by atoms with Gasteiger partial charge in [0.05, 0.1) is 22.8 Å². The number of aliphatic hydroxyl groups is 1. The molecule has 3 aromatic rings. The molecule has 152 valence electrons. The molecule has 1 aliphatic rings. The van der Waals surface area contributed by atoms with Gasteiger partial charge in [0, 0.05) is 42.8 Å². The zero-order valence-corrected chi connectivity index (χ0v) is 16.8. The molecule has 1 aromatic heterocycles. The van der Waals surface area contributed by atoms with Gasteiger partial charge >= 0.3 is 0 Å². The molecule has 2 N–H and O–H groups in total. The molecule has 0 atom stereocenters. The lowest BCUT2D eigenvalue weighted by molar-refractivity contribution is 0.311. The Bertz CT molecular complexity index is 1180. The molecular weight excluding hydrogens is 393 g/mol. The molecule has 0 saturated heterocycles. The Morgan fingerprint density at radius 1 is 1.24 bits per heavy atom. The van der Waals surface area contributed by atoms with Gasteiger partial charge in [0.15, 0.2) is 9.84 Å². The van der Waals surface area contributed by atoms with Crippen LogP contribution in [0.25, 0.3) is 10.9 Å². The van der Waals surface area contributed by atoms with E-state index in [1.54, 1.807) is 31.2 Å². The number of fused-ring (bicyclic) bond motifs is 2. The fourth-order valence-corrected chi connectivity index (χ4v) is 5.10. The largest absolute Gasteiger partial charge is 0.395 e.